The first-order valence-electron chi connectivity index (χ1n) is 11.2. The number of ketones is 2. The van der Waals surface area contributed by atoms with Gasteiger partial charge in [-0.1, -0.05) is 41.4 Å². The molecule has 0 aromatic carbocycles. The number of rotatable bonds is 4. The highest BCUT2D eigenvalue weighted by Gasteiger charge is 2.59. The Kier molecular flexibility index (Phi) is 5.59. The Morgan fingerprint density at radius 2 is 1.86 bits per heavy atom. The summed E-state index contributed by atoms with van der Waals surface area (Å²) in [6.45, 7) is 6.58. The Morgan fingerprint density at radius 3 is 2.55 bits per heavy atom. The molecule has 4 aliphatic rings. The van der Waals surface area contributed by atoms with Crippen LogP contribution >= 0.6 is 15.9 Å². The van der Waals surface area contributed by atoms with Gasteiger partial charge in [0.1, 0.15) is 11.9 Å². The van der Waals surface area contributed by atoms with Crippen LogP contribution in [-0.2, 0) is 19.1 Å². The van der Waals surface area contributed by atoms with Crippen molar-refractivity contribution < 1.29 is 19.1 Å². The van der Waals surface area contributed by atoms with Gasteiger partial charge in [-0.05, 0) is 80.5 Å². The molecule has 5 heteroatoms. The van der Waals surface area contributed by atoms with Gasteiger partial charge in [-0.2, -0.15) is 0 Å². The molecule has 0 spiro atoms. The SMILES string of the molecule is CC(=O)[C@H]1CC[C@H]2[C@@H]3CC=C4C[C@@H](OC(=O)C(=O)CBr)CC[C@]4(C)[C@H]3CC[C@]12C. The maximum Gasteiger partial charge on any atom is 0.375 e. The number of hydrogen-bond donors (Lipinski definition) is 0. The van der Waals surface area contributed by atoms with Crippen LogP contribution in [0.2, 0.25) is 0 Å². The van der Waals surface area contributed by atoms with E-state index in [4.69, 9.17) is 4.74 Å². The summed E-state index contributed by atoms with van der Waals surface area (Å²) in [6.07, 6.45) is 10.5. The number of esters is 1. The lowest BCUT2D eigenvalue weighted by atomic mass is 9.47. The highest BCUT2D eigenvalue weighted by molar-refractivity contribution is 9.09. The Hall–Kier alpha value is -0.970. The van der Waals surface area contributed by atoms with Gasteiger partial charge < -0.3 is 4.74 Å². The molecule has 4 rings (SSSR count). The van der Waals surface area contributed by atoms with Crippen molar-refractivity contribution in [1.82, 2.24) is 0 Å². The normalized spacial score (nSPS) is 43.4. The molecular formula is C24H33BrO4. The second kappa shape index (κ2) is 7.62. The Bertz CT molecular complexity index is 758. The number of alkyl halides is 1. The molecule has 0 amide bonds. The number of Topliss-reactive ketones (excluding diaryl/α,β-unsaturated/α-hetero) is 2. The summed E-state index contributed by atoms with van der Waals surface area (Å²) >= 11 is 3.04. The van der Waals surface area contributed by atoms with Crippen LogP contribution in [0, 0.1) is 34.5 Å². The van der Waals surface area contributed by atoms with Gasteiger partial charge >= 0.3 is 5.97 Å². The molecule has 0 unspecified atom stereocenters. The maximum atomic E-state index is 12.3. The Morgan fingerprint density at radius 1 is 1.10 bits per heavy atom. The second-order valence-corrected chi connectivity index (χ2v) is 10.9. The van der Waals surface area contributed by atoms with Crippen molar-refractivity contribution in [1.29, 1.82) is 0 Å². The summed E-state index contributed by atoms with van der Waals surface area (Å²) in [4.78, 5) is 35.7. The third kappa shape index (κ3) is 3.36. The van der Waals surface area contributed by atoms with Crippen LogP contribution in [-0.4, -0.2) is 29.0 Å². The van der Waals surface area contributed by atoms with Crippen LogP contribution in [0.25, 0.3) is 0 Å². The van der Waals surface area contributed by atoms with E-state index in [9.17, 15) is 14.4 Å². The second-order valence-electron chi connectivity index (χ2n) is 10.4. The zero-order valence-electron chi connectivity index (χ0n) is 17.8. The molecule has 0 aromatic rings. The first-order valence-corrected chi connectivity index (χ1v) is 12.3. The highest BCUT2D eigenvalue weighted by Crippen LogP contribution is 2.66. The molecule has 160 valence electrons. The number of ether oxygens (including phenoxy) is 1. The molecule has 0 heterocycles. The maximum absolute atomic E-state index is 12.3. The summed E-state index contributed by atoms with van der Waals surface area (Å²) in [5.41, 5.74) is 1.78. The van der Waals surface area contributed by atoms with Crippen LogP contribution < -0.4 is 0 Å². The third-order valence-corrected chi connectivity index (χ3v) is 9.68. The minimum Gasteiger partial charge on any atom is -0.456 e. The lowest BCUT2D eigenvalue weighted by molar-refractivity contribution is -0.158. The van der Waals surface area contributed by atoms with Crippen molar-refractivity contribution >= 4 is 33.5 Å². The Labute approximate surface area is 182 Å². The molecule has 3 fully saturated rings. The Balaban J connectivity index is 1.52. The summed E-state index contributed by atoms with van der Waals surface area (Å²) in [6, 6.07) is 0. The van der Waals surface area contributed by atoms with E-state index in [-0.39, 0.29) is 28.2 Å². The van der Waals surface area contributed by atoms with E-state index in [1.165, 1.54) is 18.4 Å². The van der Waals surface area contributed by atoms with E-state index in [0.717, 1.165) is 38.5 Å². The van der Waals surface area contributed by atoms with E-state index in [1.54, 1.807) is 6.92 Å². The predicted molar refractivity (Wildman–Crippen MR) is 115 cm³/mol. The van der Waals surface area contributed by atoms with E-state index in [1.807, 2.05) is 0 Å². The third-order valence-electron chi connectivity index (χ3n) is 9.17. The molecule has 0 N–H and O–H groups in total. The molecule has 4 nitrogen and oxygen atoms in total. The zero-order chi connectivity index (χ0) is 21.0. The van der Waals surface area contributed by atoms with Crippen LogP contribution in [0.4, 0.5) is 0 Å². The van der Waals surface area contributed by atoms with Crippen LogP contribution in [0.1, 0.15) is 72.1 Å². The summed E-state index contributed by atoms with van der Waals surface area (Å²) in [7, 11) is 0. The first-order chi connectivity index (χ1) is 13.7. The number of allylic oxidation sites excluding steroid dienone is 1. The molecule has 0 aromatic heterocycles. The average Bonchev–Trinajstić information content (AvgIpc) is 3.05. The average molecular weight is 465 g/mol. The summed E-state index contributed by atoms with van der Waals surface area (Å²) < 4.78 is 5.50. The van der Waals surface area contributed by atoms with Crippen molar-refractivity contribution in [3.63, 3.8) is 0 Å². The molecule has 3 saturated carbocycles. The van der Waals surface area contributed by atoms with E-state index in [2.05, 4.69) is 35.9 Å². The predicted octanol–water partition coefficient (Wildman–Crippen LogP) is 5.03. The van der Waals surface area contributed by atoms with Gasteiger partial charge in [-0.25, -0.2) is 4.79 Å². The minimum absolute atomic E-state index is 0.0180. The number of fused-ring (bicyclic) bond motifs is 5. The topological polar surface area (TPSA) is 60.4 Å². The minimum atomic E-state index is -0.709. The van der Waals surface area contributed by atoms with Gasteiger partial charge in [0, 0.05) is 12.3 Å². The van der Waals surface area contributed by atoms with Gasteiger partial charge in [0.25, 0.3) is 5.78 Å². The van der Waals surface area contributed by atoms with Crippen molar-refractivity contribution in [2.24, 2.45) is 34.5 Å². The molecule has 29 heavy (non-hydrogen) atoms. The summed E-state index contributed by atoms with van der Waals surface area (Å²) in [5.74, 6) is 1.38. The fourth-order valence-electron chi connectivity index (χ4n) is 7.67. The largest absolute Gasteiger partial charge is 0.456 e. The van der Waals surface area contributed by atoms with Gasteiger partial charge in [-0.15, -0.1) is 0 Å². The molecular weight excluding hydrogens is 432 g/mol. The van der Waals surface area contributed by atoms with Crippen molar-refractivity contribution in [2.45, 2.75) is 78.2 Å². The zero-order valence-corrected chi connectivity index (χ0v) is 19.4. The van der Waals surface area contributed by atoms with Crippen LogP contribution in [0.5, 0.6) is 0 Å². The summed E-state index contributed by atoms with van der Waals surface area (Å²) in [5, 5.41) is 0.0180. The van der Waals surface area contributed by atoms with E-state index in [0.29, 0.717) is 23.5 Å². The number of halogens is 1. The fraction of sp³-hybridized carbons (Fsp3) is 0.792. The highest BCUT2D eigenvalue weighted by atomic mass is 79.9. The van der Waals surface area contributed by atoms with Crippen molar-refractivity contribution in [3.05, 3.63) is 11.6 Å². The standard InChI is InChI=1S/C24H33BrO4/c1-14(26)18-6-7-19-17-5-4-15-12-16(29-22(28)21(27)13-25)8-10-23(15,2)20(17)9-11-24(18,19)3/h4,16-20H,5-13H2,1-3H3/t16-,17-,18+,19-,20-,23-,24+/m0/s1. The smallest absolute Gasteiger partial charge is 0.375 e. The van der Waals surface area contributed by atoms with Crippen LogP contribution in [0.15, 0.2) is 11.6 Å². The number of hydrogen-bond acceptors (Lipinski definition) is 4. The van der Waals surface area contributed by atoms with E-state index >= 15 is 0 Å². The lowest BCUT2D eigenvalue weighted by Gasteiger charge is -2.58. The quantitative estimate of drug-likeness (QED) is 0.253. The van der Waals surface area contributed by atoms with Gasteiger partial charge in [0.2, 0.25) is 0 Å². The first kappa shape index (κ1) is 21.3. The fourth-order valence-corrected chi connectivity index (χ4v) is 7.90. The molecule has 0 saturated heterocycles. The molecule has 0 bridgehead atoms. The molecule has 4 aliphatic carbocycles. The van der Waals surface area contributed by atoms with Gasteiger partial charge in [-0.3, -0.25) is 9.59 Å². The van der Waals surface area contributed by atoms with Gasteiger partial charge in [0.15, 0.2) is 0 Å². The van der Waals surface area contributed by atoms with Crippen molar-refractivity contribution in [2.75, 3.05) is 5.33 Å². The van der Waals surface area contributed by atoms with Crippen LogP contribution in [0.3, 0.4) is 0 Å². The van der Waals surface area contributed by atoms with Gasteiger partial charge in [0.05, 0.1) is 5.33 Å². The monoisotopic (exact) mass is 464 g/mol. The molecule has 7 atom stereocenters. The number of carbonyl (C=O) groups excluding carboxylic acids is 3. The van der Waals surface area contributed by atoms with E-state index < -0.39 is 11.8 Å². The number of carbonyl (C=O) groups is 3. The molecule has 0 radical (unpaired) electrons. The van der Waals surface area contributed by atoms with Crippen molar-refractivity contribution in [3.8, 4) is 0 Å². The molecule has 0 aliphatic heterocycles. The lowest BCUT2D eigenvalue weighted by Crippen LogP contribution is -2.51.